The maximum atomic E-state index is 13.3. The van der Waals surface area contributed by atoms with E-state index in [2.05, 4.69) is 112 Å². The molecule has 126 heavy (non-hydrogen) atoms. The van der Waals surface area contributed by atoms with Gasteiger partial charge in [0.2, 0.25) is 5.91 Å². The first-order valence-electron chi connectivity index (χ1n) is 38.2. The monoisotopic (exact) mass is 1800 g/mol. The lowest BCUT2D eigenvalue weighted by molar-refractivity contribution is -0.135. The van der Waals surface area contributed by atoms with E-state index in [9.17, 15) is 66.7 Å². The van der Waals surface area contributed by atoms with Crippen LogP contribution in [0.1, 0.15) is 114 Å². The molecule has 37 nitrogen and oxygen atoms in total. The molecule has 0 aliphatic rings. The highest BCUT2D eigenvalue weighted by atomic mass is 79.9. The van der Waals surface area contributed by atoms with Crippen LogP contribution in [0.15, 0.2) is 241 Å². The molecule has 6 aromatic heterocycles. The van der Waals surface area contributed by atoms with Crippen LogP contribution in [0.3, 0.4) is 0 Å². The number of hydrogen-bond acceptors (Lipinski definition) is 25. The summed E-state index contributed by atoms with van der Waals surface area (Å²) in [6, 6.07) is 34.6. The molecule has 4 aromatic carbocycles. The van der Waals surface area contributed by atoms with Gasteiger partial charge in [-0.1, -0.05) is 117 Å². The van der Waals surface area contributed by atoms with Crippen LogP contribution in [0, 0.1) is 5.82 Å². The second kappa shape index (κ2) is 55.4. The Morgan fingerprint density at radius 2 is 1.04 bits per heavy atom. The first-order chi connectivity index (χ1) is 60.6. The van der Waals surface area contributed by atoms with E-state index in [0.717, 1.165) is 22.3 Å². The summed E-state index contributed by atoms with van der Waals surface area (Å²) in [4.78, 5) is 155. The number of ether oxygens (including phenoxy) is 6. The van der Waals surface area contributed by atoms with E-state index in [1.165, 1.54) is 145 Å². The van der Waals surface area contributed by atoms with Crippen LogP contribution in [0.5, 0.6) is 0 Å². The van der Waals surface area contributed by atoms with E-state index in [-0.39, 0.29) is 104 Å². The molecule has 0 bridgehead atoms. The minimum absolute atomic E-state index is 0.146. The number of imidazole rings is 1. The Balaban J connectivity index is 0.000000269. The molecule has 0 fully saturated rings. The molecule has 0 aliphatic carbocycles. The average Bonchev–Trinajstić information content (AvgIpc) is 1.74. The van der Waals surface area contributed by atoms with Crippen molar-refractivity contribution in [3.63, 3.8) is 0 Å². The van der Waals surface area contributed by atoms with Crippen molar-refractivity contribution in [3.05, 3.63) is 287 Å². The van der Waals surface area contributed by atoms with Gasteiger partial charge in [-0.2, -0.15) is 20.4 Å². The summed E-state index contributed by atoms with van der Waals surface area (Å²) in [6.45, 7) is 10.4. The lowest BCUT2D eigenvalue weighted by atomic mass is 10.1. The molecule has 0 spiro atoms. The lowest BCUT2D eigenvalue weighted by Gasteiger charge is -2.19. The number of aryl methyl sites for hydroxylation is 1. The van der Waals surface area contributed by atoms with Gasteiger partial charge in [-0.25, -0.2) is 38.1 Å². The Morgan fingerprint density at radius 3 is 1.56 bits per heavy atom. The molecule has 0 radical (unpaired) electrons. The summed E-state index contributed by atoms with van der Waals surface area (Å²) < 4.78 is 50.8. The number of rotatable bonds is 32. The van der Waals surface area contributed by atoms with Gasteiger partial charge in [0.25, 0.3) is 35.4 Å². The number of fused-ring (bicyclic) bond motifs is 1. The van der Waals surface area contributed by atoms with Crippen molar-refractivity contribution in [1.82, 2.24) is 81.4 Å². The third-order valence-electron chi connectivity index (χ3n) is 16.7. The van der Waals surface area contributed by atoms with Crippen LogP contribution in [-0.2, 0) is 75.1 Å². The van der Waals surface area contributed by atoms with E-state index in [0.29, 0.717) is 57.0 Å². The first kappa shape index (κ1) is 101. The fourth-order valence-corrected chi connectivity index (χ4v) is 10.5. The molecule has 1 unspecified atom stereocenters. The molecule has 10 rings (SSSR count). The Kier molecular flexibility index (Phi) is 44.4. The number of para-hydroxylation sites is 3. The molecule has 1 atom stereocenters. The summed E-state index contributed by atoms with van der Waals surface area (Å²) in [6.07, 6.45) is 25.6. The minimum atomic E-state index is -0.502. The number of amides is 7. The van der Waals surface area contributed by atoms with Gasteiger partial charge < -0.3 is 74.2 Å². The van der Waals surface area contributed by atoms with Crippen LogP contribution in [0.25, 0.3) is 22.3 Å². The number of aromatic amines is 2. The van der Waals surface area contributed by atoms with Gasteiger partial charge in [-0.3, -0.25) is 53.1 Å². The molecule has 6 heterocycles. The van der Waals surface area contributed by atoms with Gasteiger partial charge in [-0.15, -0.1) is 0 Å². The number of esters is 6. The van der Waals surface area contributed by atoms with E-state index in [1.807, 2.05) is 79.9 Å². The Hall–Kier alpha value is -15.6. The molecule has 8 N–H and O–H groups in total. The highest BCUT2D eigenvalue weighted by Crippen LogP contribution is 2.24. The molecule has 0 aliphatic heterocycles. The number of halogens is 2. The second-order valence-electron chi connectivity index (χ2n) is 25.6. The number of hydrogen-bond donors (Lipinski definition) is 8. The number of aromatic nitrogens is 10. The third-order valence-corrected chi connectivity index (χ3v) is 17.3. The summed E-state index contributed by atoms with van der Waals surface area (Å²) in [5, 5.41) is 37.2. The van der Waals surface area contributed by atoms with Gasteiger partial charge in [-0.05, 0) is 95.9 Å². The summed E-state index contributed by atoms with van der Waals surface area (Å²) in [5.41, 5.74) is 7.11. The van der Waals surface area contributed by atoms with Crippen molar-refractivity contribution in [3.8, 4) is 11.3 Å². The van der Waals surface area contributed by atoms with E-state index in [1.54, 1.807) is 103 Å². The zero-order valence-electron chi connectivity index (χ0n) is 70.7. The quantitative estimate of drug-likeness (QED) is 0.0111. The van der Waals surface area contributed by atoms with E-state index >= 15 is 0 Å². The maximum Gasteiger partial charge on any atom is 0.330 e. The average molecular weight is 1800 g/mol. The van der Waals surface area contributed by atoms with Gasteiger partial charge in [0.1, 0.15) is 23.2 Å². The van der Waals surface area contributed by atoms with Gasteiger partial charge >= 0.3 is 35.8 Å². The fourth-order valence-electron chi connectivity index (χ4n) is 10.2. The number of methoxy groups -OCH3 is 6. The van der Waals surface area contributed by atoms with E-state index in [4.69, 9.17) is 4.42 Å². The van der Waals surface area contributed by atoms with Crippen LogP contribution in [0.4, 0.5) is 10.1 Å². The molecule has 39 heteroatoms. The number of carbonyl (C=O) groups is 13. The fraction of sp³-hybridized carbons (Fsp3) is 0.241. The molecule has 7 amide bonds. The van der Waals surface area contributed by atoms with Crippen LogP contribution >= 0.6 is 15.9 Å². The Bertz CT molecular complexity index is 5450. The number of furan rings is 1. The third kappa shape index (κ3) is 34.9. The Labute approximate surface area is 732 Å². The molecule has 10 aromatic rings. The van der Waals surface area contributed by atoms with Crippen molar-refractivity contribution < 1.29 is 99.6 Å². The largest absolute Gasteiger partial charge is 0.466 e. The summed E-state index contributed by atoms with van der Waals surface area (Å²) in [5.74, 6) is -4.79. The number of nitrogens with zero attached hydrogens (tertiary/aromatic N) is 9. The molecule has 0 saturated carbocycles. The van der Waals surface area contributed by atoms with Crippen molar-refractivity contribution in [2.24, 2.45) is 0 Å². The zero-order valence-corrected chi connectivity index (χ0v) is 72.3. The van der Waals surface area contributed by atoms with Crippen LogP contribution in [-0.4, -0.2) is 216 Å². The summed E-state index contributed by atoms with van der Waals surface area (Å²) >= 11 is 3.16. The second-order valence-corrected chi connectivity index (χ2v) is 26.5. The molecule has 0 saturated heterocycles. The molecular formula is C87H97BrFN17O20. The number of anilines is 1. The number of nitrogens with one attached hydrogen (secondary N) is 8. The predicted octanol–water partition coefficient (Wildman–Crippen LogP) is 8.64. The lowest BCUT2D eigenvalue weighted by Crippen LogP contribution is -2.30. The van der Waals surface area contributed by atoms with E-state index < -0.39 is 41.6 Å². The molecule has 664 valence electrons. The number of benzene rings is 4. The highest BCUT2D eigenvalue weighted by Gasteiger charge is 2.23. The van der Waals surface area contributed by atoms with Gasteiger partial charge in [0, 0.05) is 101 Å². The smallest absolute Gasteiger partial charge is 0.330 e. The van der Waals surface area contributed by atoms with Crippen LogP contribution < -0.4 is 36.8 Å². The highest BCUT2D eigenvalue weighted by molar-refractivity contribution is 9.10. The van der Waals surface area contributed by atoms with Crippen LogP contribution in [0.2, 0.25) is 0 Å². The zero-order chi connectivity index (χ0) is 92.3. The van der Waals surface area contributed by atoms with Gasteiger partial charge in [0.15, 0.2) is 5.76 Å². The summed E-state index contributed by atoms with van der Waals surface area (Å²) in [7, 11) is 9.29. The first-order valence-corrected chi connectivity index (χ1v) is 39.0. The van der Waals surface area contributed by atoms with Crippen molar-refractivity contribution in [2.45, 2.75) is 52.7 Å². The normalized spacial score (nSPS) is 10.9. The SMILES string of the molecule is CCn1nc(C(C)C)cc1C(=O)NC/C=C/C(=O)OC.COC(=O)/C=C/CNC(=O)C(C)n1cnc2ccccc21.COC(=O)/C=C/CNC(=O)c1[nH]ncc1Br.COC(=O)/C=C/CNC(=O)c1ccccc1N(C)C(=O)c1ccco1.COC(=O)/C=C/CNC(=O)c1cn[nH]c1-c1cccc(F)c1.COC(=O)/C=C/CNC(=O)c1cnn(Cc2ccccc2)c1. The topological polar surface area (TPSA) is 477 Å². The maximum absolute atomic E-state index is 13.3. The van der Waals surface area contributed by atoms with Crippen molar-refractivity contribution >= 4 is 110 Å². The van der Waals surface area contributed by atoms with Crippen molar-refractivity contribution in [2.75, 3.05) is 93.9 Å². The minimum Gasteiger partial charge on any atom is -0.466 e. The predicted molar refractivity (Wildman–Crippen MR) is 464 cm³/mol. The Morgan fingerprint density at radius 1 is 0.540 bits per heavy atom. The number of H-pyrrole nitrogens is 2. The standard InChI is InChI=1S/C18H18N2O5.C16H17N3O3.C15H14FN3O3.C15H17N3O3.C14H21N3O3.C9H10BrN3O3/c1-20(18(23)15-9-6-12-25-15)14-8-4-3-7-13(14)17(22)19-11-5-10-16(21)24-2;1-22-15(20)8-5-9-17-16(21)14-10-18-19(12-14)11-13-6-3-2-4-7-13;1-22-13(20)6-3-7-17-15(21)12-9-18-19-14(12)10-4-2-5-11(16)8-10;1-11(15(20)16-9-5-8-14(19)21-2)18-10-17-12-6-3-4-7-13(12)18;1-5-17-12(9-11(16-17)10(2)3)14(19)15-8-6-7-13(18)20-4;1-16-7(14)3-2-4-11-9(15)8-6(10)5-12-13-8/h3-10,12H,11H2,1-2H3,(H,19,22);2-8,10,12H,9,11H2,1H3,(H,17,21);2-6,8-9H,7H2,1H3,(H,17,21)(H,18,19);3-8,10-11H,9H2,1-2H3,(H,16,20);6-7,9-10H,5,8H2,1-4H3,(H,15,19);2-3,5H,4H2,1H3,(H,11,15)(H,12,13)/b10-5+;8-5+;6-3+;8-5+;7-6+;3-2+. The number of carbonyl (C=O) groups excluding carboxylic acids is 13. The van der Waals surface area contributed by atoms with Crippen molar-refractivity contribution in [1.29, 1.82) is 0 Å². The van der Waals surface area contributed by atoms with Gasteiger partial charge in [0.05, 0.1) is 130 Å². The molecular weight excluding hydrogens is 1700 g/mol.